The lowest BCUT2D eigenvalue weighted by Crippen LogP contribution is -2.66. The molecular weight excluding hydrogens is 952 g/mol. The summed E-state index contributed by atoms with van der Waals surface area (Å²) in [5.74, 6) is 0.260. The molecule has 2 aromatic heterocycles. The number of nitrogens with one attached hydrogen (secondary N) is 2. The fourth-order valence-electron chi connectivity index (χ4n) is 11.4. The number of hydrogen-bond acceptors (Lipinski definition) is 12. The van der Waals surface area contributed by atoms with E-state index in [4.69, 9.17) is 32.6 Å². The quantitative estimate of drug-likeness (QED) is 0.0525. The number of piperazine rings is 1. The SMILES string of the molecule is [C-]#[N+]c1ccc(OC2C(C)(C)C(CC(=O)c3ccc(N4C[C@@H](C)N(CCOCC(=O)N[C@H](C(=O)N5C[C@H](O)CC5C(=O)N[C@@H](C)c5ccc(-c6scnc6C)cc5)C(C)(C)C)[C@@H](C)C4)nc3)C2(C)C)cc1Cl. The summed E-state index contributed by atoms with van der Waals surface area (Å²) in [7, 11) is 0. The predicted molar refractivity (Wildman–Crippen MR) is 281 cm³/mol. The van der Waals surface area contributed by atoms with Crippen molar-refractivity contribution in [2.75, 3.05) is 44.3 Å². The standard InChI is InChI=1S/C55H71ClN8O7S/c1-32-27-62(46-20-17-38(26-58-46)44(66)25-45-54(8,9)52(55(45,10)11)71-40-18-19-42(57-12)41(56)24-40)28-33(2)63(32)21-22-70-30-47(67)61-49(53(5,6)7)51(69)64-29-39(65)23-43(64)50(68)60-34(3)36-13-15-37(16-14-36)48-35(4)59-31-72-48/h13-20,24,26,31-34,39,43,45,49,52,65H,21-23,25,27-30H2,1-11H3,(H,60,68)(H,61,67)/t32-,33+,34-,39+,43?,45?,49+,52?/m0/s1. The molecule has 3 N–H and O–H groups in total. The van der Waals surface area contributed by atoms with Crippen LogP contribution in [-0.2, 0) is 19.1 Å². The van der Waals surface area contributed by atoms with E-state index in [2.05, 4.69) is 71.8 Å². The number of aromatic nitrogens is 2. The molecule has 3 fully saturated rings. The molecule has 0 radical (unpaired) electrons. The van der Waals surface area contributed by atoms with Gasteiger partial charge >= 0.3 is 0 Å². The second-order valence-corrected chi connectivity index (χ2v) is 23.5. The summed E-state index contributed by atoms with van der Waals surface area (Å²) in [6.07, 6.45) is 1.09. The highest BCUT2D eigenvalue weighted by molar-refractivity contribution is 7.13. The van der Waals surface area contributed by atoms with Crippen LogP contribution >= 0.6 is 22.9 Å². The van der Waals surface area contributed by atoms with Crippen molar-refractivity contribution in [3.8, 4) is 16.2 Å². The summed E-state index contributed by atoms with van der Waals surface area (Å²) >= 11 is 7.86. The average Bonchev–Trinajstić information content (AvgIpc) is 3.95. The highest BCUT2D eigenvalue weighted by Gasteiger charge is 2.63. The number of thiazole rings is 1. The first-order valence-corrected chi connectivity index (χ1v) is 26.2. The monoisotopic (exact) mass is 1020 g/mol. The predicted octanol–water partition coefficient (Wildman–Crippen LogP) is 8.71. The number of ketones is 1. The van der Waals surface area contributed by atoms with E-state index < -0.39 is 35.4 Å². The van der Waals surface area contributed by atoms with Gasteiger partial charge in [0.25, 0.3) is 0 Å². The van der Waals surface area contributed by atoms with Gasteiger partial charge < -0.3 is 35.0 Å². The molecule has 6 atom stereocenters. The summed E-state index contributed by atoms with van der Waals surface area (Å²) in [6.45, 7) is 31.6. The first kappa shape index (κ1) is 54.3. The Labute approximate surface area is 433 Å². The Morgan fingerprint density at radius 1 is 0.972 bits per heavy atom. The zero-order valence-electron chi connectivity index (χ0n) is 43.5. The molecule has 7 rings (SSSR count). The van der Waals surface area contributed by atoms with Crippen LogP contribution < -0.4 is 20.3 Å². The molecule has 3 amide bonds. The van der Waals surface area contributed by atoms with Crippen molar-refractivity contribution in [2.45, 2.75) is 131 Å². The summed E-state index contributed by atoms with van der Waals surface area (Å²) in [6, 6.07) is 14.9. The molecule has 1 aliphatic carbocycles. The summed E-state index contributed by atoms with van der Waals surface area (Å²) < 4.78 is 12.3. The number of rotatable bonds is 17. The zero-order valence-corrected chi connectivity index (χ0v) is 45.1. The van der Waals surface area contributed by atoms with Crippen LogP contribution in [0, 0.1) is 35.7 Å². The third kappa shape index (κ3) is 11.8. The second-order valence-electron chi connectivity index (χ2n) is 22.2. The highest BCUT2D eigenvalue weighted by atomic mass is 35.5. The number of carbonyl (C=O) groups excluding carboxylic acids is 4. The number of anilines is 1. The number of aliphatic hydroxyl groups is 1. The van der Waals surface area contributed by atoms with E-state index in [1.54, 1.807) is 35.7 Å². The maximum Gasteiger partial charge on any atom is 0.246 e. The Morgan fingerprint density at radius 3 is 2.24 bits per heavy atom. The number of halogens is 1. The topological polar surface area (TPSA) is 171 Å². The molecule has 17 heteroatoms. The summed E-state index contributed by atoms with van der Waals surface area (Å²) in [4.78, 5) is 74.6. The van der Waals surface area contributed by atoms with Crippen molar-refractivity contribution in [2.24, 2.45) is 22.2 Å². The number of carbonyl (C=O) groups is 4. The van der Waals surface area contributed by atoms with Crippen LogP contribution in [0.1, 0.15) is 110 Å². The van der Waals surface area contributed by atoms with Crippen LogP contribution in [0.2, 0.25) is 5.02 Å². The van der Waals surface area contributed by atoms with Crippen molar-refractivity contribution in [3.05, 3.63) is 99.6 Å². The van der Waals surface area contributed by atoms with Gasteiger partial charge in [-0.3, -0.25) is 24.1 Å². The number of aliphatic hydroxyl groups excluding tert-OH is 1. The first-order chi connectivity index (χ1) is 33.9. The third-order valence-electron chi connectivity index (χ3n) is 15.1. The molecule has 0 spiro atoms. The molecule has 1 saturated carbocycles. The molecule has 4 heterocycles. The van der Waals surface area contributed by atoms with Crippen LogP contribution in [-0.4, -0.2) is 124 Å². The van der Waals surface area contributed by atoms with Crippen LogP contribution in [0.25, 0.3) is 15.3 Å². The molecule has 3 aliphatic rings. The number of nitrogens with zero attached hydrogens (tertiary/aromatic N) is 6. The molecule has 2 aliphatic heterocycles. The lowest BCUT2D eigenvalue weighted by atomic mass is 9.44. The second kappa shape index (κ2) is 22.0. The van der Waals surface area contributed by atoms with Gasteiger partial charge in [-0.1, -0.05) is 90.4 Å². The van der Waals surface area contributed by atoms with E-state index in [0.29, 0.717) is 54.7 Å². The summed E-state index contributed by atoms with van der Waals surface area (Å²) in [5.41, 5.74) is 4.39. The Morgan fingerprint density at radius 2 is 1.65 bits per heavy atom. The number of aryl methyl sites for hydroxylation is 1. The minimum atomic E-state index is -0.971. The lowest BCUT2D eigenvalue weighted by Gasteiger charge is -2.63. The normalized spacial score (nSPS) is 23.6. The smallest absolute Gasteiger partial charge is 0.246 e. The Kier molecular flexibility index (Phi) is 16.6. The molecule has 2 saturated heterocycles. The molecule has 1 unspecified atom stereocenters. The molecule has 0 bridgehead atoms. The van der Waals surface area contributed by atoms with Gasteiger partial charge in [-0.25, -0.2) is 14.8 Å². The van der Waals surface area contributed by atoms with Crippen molar-refractivity contribution in [1.29, 1.82) is 0 Å². The highest BCUT2D eigenvalue weighted by Crippen LogP contribution is 2.62. The average molecular weight is 1020 g/mol. The maximum absolute atomic E-state index is 14.2. The van der Waals surface area contributed by atoms with E-state index in [0.717, 1.165) is 27.5 Å². The van der Waals surface area contributed by atoms with Crippen molar-refractivity contribution >= 4 is 57.9 Å². The van der Waals surface area contributed by atoms with E-state index in [-0.39, 0.29) is 72.2 Å². The van der Waals surface area contributed by atoms with Gasteiger partial charge in [0.1, 0.15) is 36.4 Å². The van der Waals surface area contributed by atoms with E-state index >= 15 is 0 Å². The minimum Gasteiger partial charge on any atom is -0.489 e. The van der Waals surface area contributed by atoms with Crippen molar-refractivity contribution < 1.29 is 33.8 Å². The van der Waals surface area contributed by atoms with Crippen LogP contribution in [0.4, 0.5) is 11.5 Å². The largest absolute Gasteiger partial charge is 0.489 e. The van der Waals surface area contributed by atoms with Crippen LogP contribution in [0.15, 0.2) is 66.3 Å². The maximum atomic E-state index is 14.2. The fourth-order valence-corrected chi connectivity index (χ4v) is 12.4. The van der Waals surface area contributed by atoms with Gasteiger partial charge in [0, 0.05) is 73.7 Å². The minimum absolute atomic E-state index is 0.0196. The van der Waals surface area contributed by atoms with Crippen LogP contribution in [0.5, 0.6) is 5.75 Å². The Hall–Kier alpha value is -5.44. The van der Waals surface area contributed by atoms with Gasteiger partial charge in [0.05, 0.1) is 46.4 Å². The van der Waals surface area contributed by atoms with Gasteiger partial charge in [0.2, 0.25) is 23.4 Å². The van der Waals surface area contributed by atoms with E-state index in [9.17, 15) is 24.3 Å². The number of amides is 3. The third-order valence-corrected chi connectivity index (χ3v) is 16.4. The molecular formula is C55H71ClN8O7S. The van der Waals surface area contributed by atoms with Crippen molar-refractivity contribution in [3.63, 3.8) is 0 Å². The number of hydrogen-bond donors (Lipinski definition) is 3. The van der Waals surface area contributed by atoms with Gasteiger partial charge in [-0.05, 0) is 74.4 Å². The lowest BCUT2D eigenvalue weighted by molar-refractivity contribution is -0.196. The first-order valence-electron chi connectivity index (χ1n) is 24.9. The molecule has 4 aromatic rings. The number of ether oxygens (including phenoxy) is 2. The number of likely N-dealkylation sites (tertiary alicyclic amines) is 1. The number of benzene rings is 2. The van der Waals surface area contributed by atoms with E-state index in [1.807, 2.05) is 76.5 Å². The number of β-amino-alcohol motifs (C(OH)–C–C–N with tert-alkyl or cyclic N) is 1. The van der Waals surface area contributed by atoms with Crippen LogP contribution in [0.3, 0.4) is 0 Å². The van der Waals surface area contributed by atoms with Gasteiger partial charge in [0.15, 0.2) is 5.78 Å². The van der Waals surface area contributed by atoms with Gasteiger partial charge in [-0.15, -0.1) is 11.3 Å². The van der Waals surface area contributed by atoms with E-state index in [1.165, 1.54) is 4.90 Å². The van der Waals surface area contributed by atoms with Crippen molar-refractivity contribution in [1.82, 2.24) is 30.4 Å². The number of Topliss-reactive ketones (excluding diaryl/α,β-unsaturated/α-hetero) is 1. The Balaban J connectivity index is 0.861. The fraction of sp³-hybridized carbons (Fsp3) is 0.545. The van der Waals surface area contributed by atoms with Gasteiger partial charge in [-0.2, -0.15) is 0 Å². The molecule has 72 heavy (non-hydrogen) atoms. The Bertz CT molecular complexity index is 2620. The zero-order chi connectivity index (χ0) is 52.4. The molecule has 2 aromatic carbocycles. The molecule has 15 nitrogen and oxygen atoms in total. The summed E-state index contributed by atoms with van der Waals surface area (Å²) in [5, 5.41) is 17.0. The molecule has 386 valence electrons. The number of pyridine rings is 1.